The molecule has 1 aromatic rings. The Balaban J connectivity index is 2.61. The van der Waals surface area contributed by atoms with E-state index in [4.69, 9.17) is 0 Å². The largest absolute Gasteiger partial charge is 0.206 e. The van der Waals surface area contributed by atoms with E-state index in [1.807, 2.05) is 6.07 Å². The van der Waals surface area contributed by atoms with Gasteiger partial charge in [-0.15, -0.1) is 0 Å². The van der Waals surface area contributed by atoms with Crippen LogP contribution < -0.4 is 0 Å². The molecule has 0 fully saturated rings. The van der Waals surface area contributed by atoms with Crippen LogP contribution in [0.2, 0.25) is 0 Å². The lowest BCUT2D eigenvalue weighted by Gasteiger charge is -2.18. The first kappa shape index (κ1) is 9.20. The molecule has 0 spiro atoms. The van der Waals surface area contributed by atoms with Crippen LogP contribution in [0.3, 0.4) is 0 Å². The normalized spacial score (nSPS) is 18.8. The molecule has 0 bridgehead atoms. The van der Waals surface area contributed by atoms with Gasteiger partial charge >= 0.3 is 0 Å². The quantitative estimate of drug-likeness (QED) is 0.649. The predicted molar refractivity (Wildman–Crippen MR) is 55.4 cm³/mol. The van der Waals surface area contributed by atoms with Crippen LogP contribution in [-0.4, -0.2) is 0 Å². The van der Waals surface area contributed by atoms with Crippen molar-refractivity contribution in [3.63, 3.8) is 0 Å². The van der Waals surface area contributed by atoms with Gasteiger partial charge in [-0.05, 0) is 57.4 Å². The van der Waals surface area contributed by atoms with E-state index < -0.39 is 0 Å². The number of fused-ring (bicyclic) bond motifs is 1. The minimum Gasteiger partial charge on any atom is -0.206 e. The molecule has 1 aliphatic carbocycles. The summed E-state index contributed by atoms with van der Waals surface area (Å²) in [7, 11) is 0. The van der Waals surface area contributed by atoms with E-state index in [1.165, 1.54) is 11.1 Å². The van der Waals surface area contributed by atoms with Crippen LogP contribution in [0.5, 0.6) is 0 Å². The molecule has 13 heavy (non-hydrogen) atoms. The van der Waals surface area contributed by atoms with Gasteiger partial charge in [-0.25, -0.2) is 4.39 Å². The lowest BCUT2D eigenvalue weighted by Crippen LogP contribution is -2.11. The topological polar surface area (TPSA) is 0 Å². The highest BCUT2D eigenvalue weighted by atomic mass is 79.9. The van der Waals surface area contributed by atoms with Gasteiger partial charge in [0.2, 0.25) is 0 Å². The van der Waals surface area contributed by atoms with E-state index in [0.29, 0.717) is 4.47 Å². The monoisotopic (exact) mass is 242 g/mol. The smallest absolute Gasteiger partial charge is 0.137 e. The van der Waals surface area contributed by atoms with Crippen molar-refractivity contribution < 1.29 is 4.39 Å². The average molecular weight is 243 g/mol. The van der Waals surface area contributed by atoms with Crippen LogP contribution in [0.1, 0.15) is 31.4 Å². The summed E-state index contributed by atoms with van der Waals surface area (Å²) in [4.78, 5) is 0. The van der Waals surface area contributed by atoms with Gasteiger partial charge in [-0.2, -0.15) is 0 Å². The molecule has 1 aliphatic rings. The summed E-state index contributed by atoms with van der Waals surface area (Å²) in [5, 5.41) is 0. The minimum absolute atomic E-state index is 0.145. The number of benzene rings is 1. The lowest BCUT2D eigenvalue weighted by molar-refractivity contribution is 0.517. The molecule has 0 saturated carbocycles. The Morgan fingerprint density at radius 1 is 1.38 bits per heavy atom. The second kappa shape index (κ2) is 2.81. The average Bonchev–Trinajstić information content (AvgIpc) is 2.31. The van der Waals surface area contributed by atoms with Crippen molar-refractivity contribution in [2.45, 2.75) is 32.1 Å². The van der Waals surface area contributed by atoms with Crippen molar-refractivity contribution in [2.75, 3.05) is 0 Å². The number of rotatable bonds is 0. The number of aryl methyl sites for hydroxylation is 1. The second-order valence-electron chi connectivity index (χ2n) is 4.31. The molecule has 0 saturated heterocycles. The molecule has 0 atom stereocenters. The van der Waals surface area contributed by atoms with Gasteiger partial charge in [0.15, 0.2) is 0 Å². The molecule has 0 radical (unpaired) electrons. The zero-order chi connectivity index (χ0) is 9.64. The van der Waals surface area contributed by atoms with Crippen molar-refractivity contribution in [3.05, 3.63) is 33.5 Å². The van der Waals surface area contributed by atoms with E-state index in [9.17, 15) is 4.39 Å². The van der Waals surface area contributed by atoms with Gasteiger partial charge < -0.3 is 0 Å². The Bertz CT molecular complexity index is 355. The van der Waals surface area contributed by atoms with Crippen molar-refractivity contribution in [3.8, 4) is 0 Å². The van der Waals surface area contributed by atoms with Gasteiger partial charge in [-0.3, -0.25) is 0 Å². The first-order valence-corrected chi connectivity index (χ1v) is 5.28. The van der Waals surface area contributed by atoms with E-state index >= 15 is 0 Å². The maximum atomic E-state index is 13.3. The summed E-state index contributed by atoms with van der Waals surface area (Å²) in [6.45, 7) is 4.35. The third-order valence-electron chi connectivity index (χ3n) is 2.89. The van der Waals surface area contributed by atoms with Crippen LogP contribution in [-0.2, 0) is 11.8 Å². The van der Waals surface area contributed by atoms with Gasteiger partial charge in [-0.1, -0.05) is 13.8 Å². The number of hydrogen-bond acceptors (Lipinski definition) is 0. The molecule has 0 N–H and O–H groups in total. The maximum absolute atomic E-state index is 13.3. The van der Waals surface area contributed by atoms with Crippen molar-refractivity contribution in [1.29, 1.82) is 0 Å². The van der Waals surface area contributed by atoms with Crippen molar-refractivity contribution >= 4 is 15.9 Å². The highest BCUT2D eigenvalue weighted by Gasteiger charge is 2.30. The highest BCUT2D eigenvalue weighted by molar-refractivity contribution is 9.10. The van der Waals surface area contributed by atoms with Crippen molar-refractivity contribution in [2.24, 2.45) is 0 Å². The summed E-state index contributed by atoms with van der Waals surface area (Å²) in [6, 6.07) is 3.59. The van der Waals surface area contributed by atoms with E-state index in [-0.39, 0.29) is 11.2 Å². The summed E-state index contributed by atoms with van der Waals surface area (Å²) in [6.07, 6.45) is 2.19. The first-order chi connectivity index (χ1) is 6.00. The Kier molecular flexibility index (Phi) is 1.99. The van der Waals surface area contributed by atoms with E-state index in [2.05, 4.69) is 29.8 Å². The maximum Gasteiger partial charge on any atom is 0.137 e. The molecule has 70 valence electrons. The molecule has 0 nitrogen and oxygen atoms in total. The molecule has 0 heterocycles. The Morgan fingerprint density at radius 2 is 2.08 bits per heavy atom. The summed E-state index contributed by atoms with van der Waals surface area (Å²) >= 11 is 3.21. The molecule has 2 rings (SSSR count). The van der Waals surface area contributed by atoms with Crippen LogP contribution in [0.15, 0.2) is 16.6 Å². The Morgan fingerprint density at radius 3 is 2.77 bits per heavy atom. The standard InChI is InChI=1S/C11H12BrF/c1-11(2)4-3-7-5-9(12)10(13)6-8(7)11/h5-6H,3-4H2,1-2H3. The number of halogens is 2. The SMILES string of the molecule is CC1(C)CCc2cc(Br)c(F)cc21. The summed E-state index contributed by atoms with van der Waals surface area (Å²) in [5.74, 6) is -0.145. The molecule has 0 amide bonds. The Hall–Kier alpha value is -0.370. The predicted octanol–water partition coefficient (Wildman–Crippen LogP) is 3.81. The fourth-order valence-corrected chi connectivity index (χ4v) is 2.40. The Labute approximate surface area is 86.3 Å². The molecule has 0 unspecified atom stereocenters. The van der Waals surface area contributed by atoms with Gasteiger partial charge in [0.05, 0.1) is 4.47 Å². The third kappa shape index (κ3) is 1.41. The molecule has 2 heteroatoms. The third-order valence-corrected chi connectivity index (χ3v) is 3.50. The van der Waals surface area contributed by atoms with Gasteiger partial charge in [0, 0.05) is 0 Å². The fourth-order valence-electron chi connectivity index (χ4n) is 2.01. The molecular weight excluding hydrogens is 231 g/mol. The van der Waals surface area contributed by atoms with E-state index in [0.717, 1.165) is 12.8 Å². The van der Waals surface area contributed by atoms with E-state index in [1.54, 1.807) is 6.07 Å². The minimum atomic E-state index is -0.145. The zero-order valence-corrected chi connectivity index (χ0v) is 9.41. The van der Waals surface area contributed by atoms with Crippen LogP contribution in [0, 0.1) is 5.82 Å². The van der Waals surface area contributed by atoms with Crippen LogP contribution >= 0.6 is 15.9 Å². The first-order valence-electron chi connectivity index (χ1n) is 4.49. The summed E-state index contributed by atoms with van der Waals surface area (Å²) in [5.41, 5.74) is 2.61. The highest BCUT2D eigenvalue weighted by Crippen LogP contribution is 2.40. The lowest BCUT2D eigenvalue weighted by atomic mass is 9.87. The zero-order valence-electron chi connectivity index (χ0n) is 7.82. The molecule has 0 aliphatic heterocycles. The fraction of sp³-hybridized carbons (Fsp3) is 0.455. The molecule has 0 aromatic heterocycles. The van der Waals surface area contributed by atoms with Gasteiger partial charge in [0.1, 0.15) is 5.82 Å². The molecule has 1 aromatic carbocycles. The van der Waals surface area contributed by atoms with Gasteiger partial charge in [0.25, 0.3) is 0 Å². The van der Waals surface area contributed by atoms with Crippen LogP contribution in [0.25, 0.3) is 0 Å². The van der Waals surface area contributed by atoms with Crippen molar-refractivity contribution in [1.82, 2.24) is 0 Å². The summed E-state index contributed by atoms with van der Waals surface area (Å²) < 4.78 is 13.9. The second-order valence-corrected chi connectivity index (χ2v) is 5.16. The van der Waals surface area contributed by atoms with Crippen LogP contribution in [0.4, 0.5) is 4.39 Å². The number of hydrogen-bond donors (Lipinski definition) is 0. The molecular formula is C11H12BrF.